The van der Waals surface area contributed by atoms with Gasteiger partial charge < -0.3 is 10.2 Å². The van der Waals surface area contributed by atoms with Gasteiger partial charge in [-0.3, -0.25) is 4.79 Å². The van der Waals surface area contributed by atoms with Crippen LogP contribution in [0, 0.1) is 17.3 Å². The van der Waals surface area contributed by atoms with E-state index in [4.69, 9.17) is 0 Å². The molecule has 1 amide bonds. The monoisotopic (exact) mass is 292 g/mol. The number of carbonyl (C=O) groups is 1. The third kappa shape index (κ3) is 3.68. The van der Waals surface area contributed by atoms with Crippen molar-refractivity contribution in [3.05, 3.63) is 11.6 Å². The van der Waals surface area contributed by atoms with Crippen LogP contribution in [0.1, 0.15) is 54.4 Å². The van der Waals surface area contributed by atoms with Gasteiger partial charge in [-0.05, 0) is 51.9 Å². The van der Waals surface area contributed by atoms with Crippen LogP contribution in [-0.2, 0) is 4.79 Å². The first-order valence-corrected chi connectivity index (χ1v) is 8.43. The zero-order valence-corrected chi connectivity index (χ0v) is 14.6. The molecule has 0 aromatic carbocycles. The highest BCUT2D eigenvalue weighted by atomic mass is 16.2. The standard InChI is InChI=1S/C18H32N2O/c1-12(2)11-15-16(18(15,5)6)17(21)19-14-7-9-20(10-8-14)13(3)4/h11,13-16H,7-10H2,1-6H3,(H,19,21)/t15-,16-/m0/s1. The molecule has 0 unspecified atom stereocenters. The Morgan fingerprint density at radius 3 is 2.29 bits per heavy atom. The number of allylic oxidation sites excluding steroid dienone is 2. The number of likely N-dealkylation sites (tertiary alicyclic amines) is 1. The van der Waals surface area contributed by atoms with Crippen molar-refractivity contribution in [2.75, 3.05) is 13.1 Å². The summed E-state index contributed by atoms with van der Waals surface area (Å²) in [5, 5.41) is 3.30. The van der Waals surface area contributed by atoms with Gasteiger partial charge in [0.15, 0.2) is 0 Å². The van der Waals surface area contributed by atoms with Crippen molar-refractivity contribution in [2.24, 2.45) is 17.3 Å². The highest BCUT2D eigenvalue weighted by Crippen LogP contribution is 2.59. The molecule has 120 valence electrons. The van der Waals surface area contributed by atoms with Gasteiger partial charge in [0, 0.05) is 25.2 Å². The molecule has 0 bridgehead atoms. The fraction of sp³-hybridized carbons (Fsp3) is 0.833. The van der Waals surface area contributed by atoms with Crippen molar-refractivity contribution in [3.63, 3.8) is 0 Å². The Morgan fingerprint density at radius 2 is 1.81 bits per heavy atom. The van der Waals surface area contributed by atoms with Gasteiger partial charge in [0.05, 0.1) is 5.92 Å². The number of carbonyl (C=O) groups excluding carboxylic acids is 1. The molecule has 2 fully saturated rings. The maximum absolute atomic E-state index is 12.5. The molecule has 0 spiro atoms. The highest BCUT2D eigenvalue weighted by Gasteiger charge is 2.60. The minimum absolute atomic E-state index is 0.125. The van der Waals surface area contributed by atoms with Gasteiger partial charge in [0.25, 0.3) is 0 Å². The third-order valence-electron chi connectivity index (χ3n) is 5.31. The SMILES string of the molecule is CC(C)=C[C@H]1[C@@H](C(=O)NC2CCN(C(C)C)CC2)C1(C)C. The van der Waals surface area contributed by atoms with E-state index in [9.17, 15) is 4.79 Å². The predicted octanol–water partition coefficient (Wildman–Crippen LogP) is 3.21. The first kappa shape index (κ1) is 16.5. The lowest BCUT2D eigenvalue weighted by Gasteiger charge is -2.35. The van der Waals surface area contributed by atoms with E-state index in [1.54, 1.807) is 0 Å². The van der Waals surface area contributed by atoms with Gasteiger partial charge in [0.1, 0.15) is 0 Å². The van der Waals surface area contributed by atoms with Crippen molar-refractivity contribution in [3.8, 4) is 0 Å². The van der Waals surface area contributed by atoms with Crippen LogP contribution in [-0.4, -0.2) is 36.0 Å². The lowest BCUT2D eigenvalue weighted by molar-refractivity contribution is -0.124. The van der Waals surface area contributed by atoms with Crippen LogP contribution in [0.15, 0.2) is 11.6 Å². The maximum atomic E-state index is 12.5. The van der Waals surface area contributed by atoms with Crippen molar-refractivity contribution >= 4 is 5.91 Å². The molecule has 1 saturated heterocycles. The predicted molar refractivity (Wildman–Crippen MR) is 88.1 cm³/mol. The van der Waals surface area contributed by atoms with Crippen LogP contribution in [0.4, 0.5) is 0 Å². The first-order valence-electron chi connectivity index (χ1n) is 8.43. The fourth-order valence-electron chi connectivity index (χ4n) is 3.70. The van der Waals surface area contributed by atoms with Crippen LogP contribution >= 0.6 is 0 Å². The number of hydrogen-bond acceptors (Lipinski definition) is 2. The lowest BCUT2D eigenvalue weighted by Crippen LogP contribution is -2.47. The maximum Gasteiger partial charge on any atom is 0.224 e. The molecule has 3 nitrogen and oxygen atoms in total. The highest BCUT2D eigenvalue weighted by molar-refractivity contribution is 5.84. The summed E-state index contributed by atoms with van der Waals surface area (Å²) in [4.78, 5) is 15.0. The van der Waals surface area contributed by atoms with Crippen LogP contribution in [0.2, 0.25) is 0 Å². The Balaban J connectivity index is 1.85. The molecule has 3 heteroatoms. The Hall–Kier alpha value is -0.830. The Morgan fingerprint density at radius 1 is 1.24 bits per heavy atom. The minimum Gasteiger partial charge on any atom is -0.353 e. The Bertz CT molecular complexity index is 413. The second kappa shape index (κ2) is 6.12. The van der Waals surface area contributed by atoms with Crippen molar-refractivity contribution in [1.82, 2.24) is 10.2 Å². The summed E-state index contributed by atoms with van der Waals surface area (Å²) in [7, 11) is 0. The molecular formula is C18H32N2O. The number of nitrogens with zero attached hydrogens (tertiary/aromatic N) is 1. The number of nitrogens with one attached hydrogen (secondary N) is 1. The molecule has 1 aliphatic heterocycles. The molecule has 1 saturated carbocycles. The Labute approximate surface area is 130 Å². The molecule has 21 heavy (non-hydrogen) atoms. The molecule has 1 heterocycles. The molecule has 2 aliphatic rings. The summed E-state index contributed by atoms with van der Waals surface area (Å²) < 4.78 is 0. The fourth-order valence-corrected chi connectivity index (χ4v) is 3.70. The van der Waals surface area contributed by atoms with Gasteiger partial charge in [-0.15, -0.1) is 0 Å². The van der Waals surface area contributed by atoms with E-state index in [-0.39, 0.29) is 17.2 Å². The Kier molecular flexibility index (Phi) is 4.82. The molecule has 1 N–H and O–H groups in total. The topological polar surface area (TPSA) is 32.3 Å². The minimum atomic E-state index is 0.125. The van der Waals surface area contributed by atoms with Crippen LogP contribution in [0.3, 0.4) is 0 Å². The zero-order valence-electron chi connectivity index (χ0n) is 14.6. The van der Waals surface area contributed by atoms with Gasteiger partial charge in [-0.1, -0.05) is 25.5 Å². The molecule has 0 aromatic heterocycles. The average Bonchev–Trinajstić information content (AvgIpc) is 2.90. The van der Waals surface area contributed by atoms with Crippen LogP contribution < -0.4 is 5.32 Å². The van der Waals surface area contributed by atoms with E-state index >= 15 is 0 Å². The number of piperidine rings is 1. The summed E-state index contributed by atoms with van der Waals surface area (Å²) in [6.45, 7) is 15.4. The lowest BCUT2D eigenvalue weighted by atomic mass is 10.0. The van der Waals surface area contributed by atoms with Gasteiger partial charge in [0.2, 0.25) is 5.91 Å². The van der Waals surface area contributed by atoms with Gasteiger partial charge in [-0.2, -0.15) is 0 Å². The van der Waals surface area contributed by atoms with E-state index in [2.05, 4.69) is 57.8 Å². The number of rotatable bonds is 4. The molecule has 2 atom stereocenters. The molecular weight excluding hydrogens is 260 g/mol. The van der Waals surface area contributed by atoms with E-state index in [0.717, 1.165) is 25.9 Å². The van der Waals surface area contributed by atoms with E-state index in [0.29, 0.717) is 18.0 Å². The smallest absolute Gasteiger partial charge is 0.224 e. The summed E-state index contributed by atoms with van der Waals surface area (Å²) in [5.41, 5.74) is 1.44. The number of hydrogen-bond donors (Lipinski definition) is 1. The molecule has 1 aliphatic carbocycles. The molecule has 2 rings (SSSR count). The summed E-state index contributed by atoms with van der Waals surface area (Å²) in [5.74, 6) is 0.847. The van der Waals surface area contributed by atoms with Crippen molar-refractivity contribution < 1.29 is 4.79 Å². The van der Waals surface area contributed by atoms with Crippen molar-refractivity contribution in [1.29, 1.82) is 0 Å². The summed E-state index contributed by atoms with van der Waals surface area (Å²) >= 11 is 0. The van der Waals surface area contributed by atoms with Crippen LogP contribution in [0.5, 0.6) is 0 Å². The second-order valence-corrected chi connectivity index (χ2v) is 7.98. The van der Waals surface area contributed by atoms with Crippen LogP contribution in [0.25, 0.3) is 0 Å². The zero-order chi connectivity index (χ0) is 15.8. The quantitative estimate of drug-likeness (QED) is 0.807. The summed E-state index contributed by atoms with van der Waals surface area (Å²) in [6.07, 6.45) is 4.44. The van der Waals surface area contributed by atoms with E-state index in [1.165, 1.54) is 5.57 Å². The average molecular weight is 292 g/mol. The van der Waals surface area contributed by atoms with Gasteiger partial charge in [-0.25, -0.2) is 0 Å². The van der Waals surface area contributed by atoms with E-state index < -0.39 is 0 Å². The first-order chi connectivity index (χ1) is 9.73. The third-order valence-corrected chi connectivity index (χ3v) is 5.31. The number of amides is 1. The largest absolute Gasteiger partial charge is 0.353 e. The van der Waals surface area contributed by atoms with Gasteiger partial charge >= 0.3 is 0 Å². The molecule has 0 aromatic rings. The molecule has 0 radical (unpaired) electrons. The van der Waals surface area contributed by atoms with Crippen molar-refractivity contribution in [2.45, 2.75) is 66.5 Å². The second-order valence-electron chi connectivity index (χ2n) is 7.98. The summed E-state index contributed by atoms with van der Waals surface area (Å²) in [6, 6.07) is 0.988. The normalized spacial score (nSPS) is 29.3. The van der Waals surface area contributed by atoms with E-state index in [1.807, 2.05) is 0 Å².